The summed E-state index contributed by atoms with van der Waals surface area (Å²) >= 11 is 0. The maximum atomic E-state index is 13.8. The summed E-state index contributed by atoms with van der Waals surface area (Å²) in [6, 6.07) is 11.8. The zero-order valence-corrected chi connectivity index (χ0v) is 11.2. The van der Waals surface area contributed by atoms with Crippen LogP contribution in [0.3, 0.4) is 0 Å². The molecule has 0 aliphatic heterocycles. The van der Waals surface area contributed by atoms with Crippen LogP contribution in [0, 0.1) is 23.3 Å². The zero-order valence-electron chi connectivity index (χ0n) is 11.2. The van der Waals surface area contributed by atoms with Gasteiger partial charge in [-0.05, 0) is 16.3 Å². The van der Waals surface area contributed by atoms with Crippen LogP contribution in [0.5, 0.6) is 0 Å². The molecular formula is C17H10F4O. The summed E-state index contributed by atoms with van der Waals surface area (Å²) in [6.07, 6.45) is -1.82. The van der Waals surface area contributed by atoms with E-state index >= 15 is 0 Å². The first kappa shape index (κ1) is 14.5. The highest BCUT2D eigenvalue weighted by molar-refractivity contribution is 5.86. The van der Waals surface area contributed by atoms with Crippen molar-refractivity contribution in [1.29, 1.82) is 0 Å². The fraction of sp³-hybridized carbons (Fsp3) is 0.0588. The van der Waals surface area contributed by atoms with Gasteiger partial charge in [0.2, 0.25) is 0 Å². The predicted octanol–water partition coefficient (Wildman–Crippen LogP) is 4.48. The normalized spacial score (nSPS) is 12.6. The number of hydrogen-bond acceptors (Lipinski definition) is 1. The van der Waals surface area contributed by atoms with Crippen molar-refractivity contribution in [3.63, 3.8) is 0 Å². The van der Waals surface area contributed by atoms with Gasteiger partial charge >= 0.3 is 0 Å². The lowest BCUT2D eigenvalue weighted by atomic mass is 9.95. The Morgan fingerprint density at radius 2 is 1.36 bits per heavy atom. The Balaban J connectivity index is 2.25. The number of aliphatic hydroxyl groups is 1. The van der Waals surface area contributed by atoms with Crippen molar-refractivity contribution in [1.82, 2.24) is 0 Å². The molecular weight excluding hydrogens is 296 g/mol. The highest BCUT2D eigenvalue weighted by atomic mass is 19.2. The molecule has 3 rings (SSSR count). The van der Waals surface area contributed by atoms with Gasteiger partial charge in [0, 0.05) is 6.07 Å². The van der Waals surface area contributed by atoms with E-state index in [4.69, 9.17) is 0 Å². The fourth-order valence-electron chi connectivity index (χ4n) is 2.48. The van der Waals surface area contributed by atoms with Crippen LogP contribution in [0.1, 0.15) is 17.2 Å². The Kier molecular flexibility index (Phi) is 3.58. The lowest BCUT2D eigenvalue weighted by molar-refractivity contribution is 0.206. The SMILES string of the molecule is OC(c1c(F)c(F)cc(F)c1F)c1cccc2ccccc12. The lowest BCUT2D eigenvalue weighted by Crippen LogP contribution is -2.10. The molecule has 1 N–H and O–H groups in total. The van der Waals surface area contributed by atoms with Crippen LogP contribution >= 0.6 is 0 Å². The maximum Gasteiger partial charge on any atom is 0.168 e. The Hall–Kier alpha value is -2.40. The average Bonchev–Trinajstić information content (AvgIpc) is 2.52. The highest BCUT2D eigenvalue weighted by Gasteiger charge is 2.26. The van der Waals surface area contributed by atoms with E-state index in [9.17, 15) is 22.7 Å². The third-order valence-electron chi connectivity index (χ3n) is 3.54. The summed E-state index contributed by atoms with van der Waals surface area (Å²) in [5.41, 5.74) is -0.866. The average molecular weight is 306 g/mol. The quantitative estimate of drug-likeness (QED) is 0.547. The van der Waals surface area contributed by atoms with Crippen molar-refractivity contribution in [3.05, 3.63) is 82.9 Å². The van der Waals surface area contributed by atoms with Gasteiger partial charge < -0.3 is 5.11 Å². The molecule has 3 aromatic carbocycles. The third-order valence-corrected chi connectivity index (χ3v) is 3.54. The minimum absolute atomic E-state index is 0.115. The van der Waals surface area contributed by atoms with Crippen molar-refractivity contribution < 1.29 is 22.7 Å². The molecule has 0 bridgehead atoms. The van der Waals surface area contributed by atoms with Crippen molar-refractivity contribution in [3.8, 4) is 0 Å². The van der Waals surface area contributed by atoms with Crippen molar-refractivity contribution in [2.24, 2.45) is 0 Å². The van der Waals surface area contributed by atoms with E-state index in [1.165, 1.54) is 6.07 Å². The second-order valence-corrected chi connectivity index (χ2v) is 4.85. The van der Waals surface area contributed by atoms with Gasteiger partial charge in [0.25, 0.3) is 0 Å². The Morgan fingerprint density at radius 3 is 2.05 bits per heavy atom. The number of aliphatic hydroxyl groups excluding tert-OH is 1. The molecule has 0 amide bonds. The van der Waals surface area contributed by atoms with Gasteiger partial charge in [-0.2, -0.15) is 0 Å². The standard InChI is InChI=1S/C17H10F4O/c18-12-8-13(19)16(21)14(15(12)20)17(22)11-7-3-5-9-4-1-2-6-10(9)11/h1-8,17,22H. The second kappa shape index (κ2) is 5.42. The van der Waals surface area contributed by atoms with Gasteiger partial charge in [-0.15, -0.1) is 0 Å². The molecule has 0 fully saturated rings. The summed E-state index contributed by atoms with van der Waals surface area (Å²) < 4.78 is 54.3. The van der Waals surface area contributed by atoms with E-state index in [1.807, 2.05) is 0 Å². The van der Waals surface area contributed by atoms with Crippen LogP contribution in [-0.2, 0) is 0 Å². The topological polar surface area (TPSA) is 20.2 Å². The van der Waals surface area contributed by atoms with Crippen LogP contribution in [0.2, 0.25) is 0 Å². The number of hydrogen-bond donors (Lipinski definition) is 1. The summed E-state index contributed by atoms with van der Waals surface area (Å²) in [6.45, 7) is 0. The summed E-state index contributed by atoms with van der Waals surface area (Å²) in [4.78, 5) is 0. The van der Waals surface area contributed by atoms with Crippen LogP contribution in [0.15, 0.2) is 48.5 Å². The van der Waals surface area contributed by atoms with Crippen LogP contribution < -0.4 is 0 Å². The fourth-order valence-corrected chi connectivity index (χ4v) is 2.48. The first-order valence-electron chi connectivity index (χ1n) is 6.49. The van der Waals surface area contributed by atoms with Crippen LogP contribution in [-0.4, -0.2) is 5.11 Å². The molecule has 1 nitrogen and oxygen atoms in total. The minimum atomic E-state index is -1.82. The van der Waals surface area contributed by atoms with Gasteiger partial charge in [0.1, 0.15) is 6.10 Å². The molecule has 0 aliphatic carbocycles. The molecule has 0 spiro atoms. The van der Waals surface area contributed by atoms with Gasteiger partial charge in [-0.1, -0.05) is 42.5 Å². The van der Waals surface area contributed by atoms with Gasteiger partial charge in [-0.3, -0.25) is 0 Å². The van der Waals surface area contributed by atoms with E-state index in [0.717, 1.165) is 5.39 Å². The molecule has 1 unspecified atom stereocenters. The Morgan fingerprint density at radius 1 is 0.773 bits per heavy atom. The third kappa shape index (κ3) is 2.23. The molecule has 0 radical (unpaired) electrons. The second-order valence-electron chi connectivity index (χ2n) is 4.85. The number of halogens is 4. The summed E-state index contributed by atoms with van der Waals surface area (Å²) in [5.74, 6) is -6.29. The van der Waals surface area contributed by atoms with E-state index in [0.29, 0.717) is 5.39 Å². The smallest absolute Gasteiger partial charge is 0.168 e. The predicted molar refractivity (Wildman–Crippen MR) is 74.3 cm³/mol. The number of benzene rings is 3. The Bertz CT molecular complexity index is 829. The van der Waals surface area contributed by atoms with Crippen LogP contribution in [0.25, 0.3) is 10.8 Å². The molecule has 22 heavy (non-hydrogen) atoms. The molecule has 0 heterocycles. The van der Waals surface area contributed by atoms with Gasteiger partial charge in [0.15, 0.2) is 23.3 Å². The molecule has 1 atom stereocenters. The summed E-state index contributed by atoms with van der Waals surface area (Å²) in [5, 5.41) is 11.6. The molecule has 5 heteroatoms. The minimum Gasteiger partial charge on any atom is -0.383 e. The first-order chi connectivity index (χ1) is 10.5. The van der Waals surface area contributed by atoms with Crippen LogP contribution in [0.4, 0.5) is 17.6 Å². The Labute approximate surface area is 123 Å². The number of rotatable bonds is 2. The van der Waals surface area contributed by atoms with Crippen molar-refractivity contribution in [2.75, 3.05) is 0 Å². The largest absolute Gasteiger partial charge is 0.383 e. The van der Waals surface area contributed by atoms with Crippen molar-refractivity contribution >= 4 is 10.8 Å². The zero-order chi connectivity index (χ0) is 15.9. The number of fused-ring (bicyclic) bond motifs is 1. The maximum absolute atomic E-state index is 13.8. The molecule has 0 aromatic heterocycles. The molecule has 0 saturated carbocycles. The lowest BCUT2D eigenvalue weighted by Gasteiger charge is -2.16. The van der Waals surface area contributed by atoms with Crippen molar-refractivity contribution in [2.45, 2.75) is 6.10 Å². The summed E-state index contributed by atoms with van der Waals surface area (Å²) in [7, 11) is 0. The molecule has 3 aromatic rings. The molecule has 0 aliphatic rings. The monoisotopic (exact) mass is 306 g/mol. The molecule has 0 saturated heterocycles. The highest BCUT2D eigenvalue weighted by Crippen LogP contribution is 2.33. The van der Waals surface area contributed by atoms with E-state index in [-0.39, 0.29) is 11.6 Å². The van der Waals surface area contributed by atoms with E-state index < -0.39 is 34.9 Å². The van der Waals surface area contributed by atoms with E-state index in [2.05, 4.69) is 0 Å². The van der Waals surface area contributed by atoms with Gasteiger partial charge in [0.05, 0.1) is 5.56 Å². The van der Waals surface area contributed by atoms with Gasteiger partial charge in [-0.25, -0.2) is 17.6 Å². The molecule has 112 valence electrons. The first-order valence-corrected chi connectivity index (χ1v) is 6.49. The van der Waals surface area contributed by atoms with E-state index in [1.54, 1.807) is 36.4 Å².